The van der Waals surface area contributed by atoms with E-state index in [1.807, 2.05) is 32.4 Å². The fourth-order valence-corrected chi connectivity index (χ4v) is 2.26. The lowest BCUT2D eigenvalue weighted by Crippen LogP contribution is -2.40. The van der Waals surface area contributed by atoms with Crippen molar-refractivity contribution in [3.8, 4) is 5.69 Å². The van der Waals surface area contributed by atoms with Crippen LogP contribution < -0.4 is 5.46 Å². The van der Waals surface area contributed by atoms with Gasteiger partial charge in [-0.1, -0.05) is 17.1 Å². The van der Waals surface area contributed by atoms with Gasteiger partial charge in [0, 0.05) is 22.5 Å². The molecule has 89 valence electrons. The summed E-state index contributed by atoms with van der Waals surface area (Å²) < 4.78 is 1.86. The lowest BCUT2D eigenvalue weighted by molar-refractivity contribution is 0.824. The molecule has 0 aliphatic rings. The van der Waals surface area contributed by atoms with Crippen molar-refractivity contribution >= 4 is 34.5 Å². The number of aromatic nitrogens is 3. The monoisotopic (exact) mass is 244 g/mol. The Morgan fingerprint density at radius 2 is 1.84 bits per heavy atom. The van der Waals surface area contributed by atoms with Crippen molar-refractivity contribution in [1.82, 2.24) is 14.8 Å². The number of hydrogen-bond acceptors (Lipinski definition) is 2. The summed E-state index contributed by atoms with van der Waals surface area (Å²) in [5.41, 5.74) is 4.27. The Balaban J connectivity index is 2.55. The Morgan fingerprint density at radius 1 is 1.16 bits per heavy atom. The Bertz CT molecular complexity index is 609. The molecule has 0 unspecified atom stereocenters. The van der Waals surface area contributed by atoms with Gasteiger partial charge >= 0.3 is 0 Å². The third kappa shape index (κ3) is 2.65. The van der Waals surface area contributed by atoms with Gasteiger partial charge in [0.2, 0.25) is 0 Å². The van der Waals surface area contributed by atoms with Crippen LogP contribution in [-0.4, -0.2) is 43.8 Å². The van der Waals surface area contributed by atoms with E-state index in [2.05, 4.69) is 22.2 Å². The maximum Gasteiger partial charge on any atom is 0.148 e. The van der Waals surface area contributed by atoms with Gasteiger partial charge in [-0.25, -0.2) is 9.67 Å². The van der Waals surface area contributed by atoms with Crippen molar-refractivity contribution in [2.24, 2.45) is 0 Å². The summed E-state index contributed by atoms with van der Waals surface area (Å²) in [5.74, 6) is 1.65. The average molecular weight is 244 g/mol. The molecule has 7 heteroatoms. The average Bonchev–Trinajstić information content (AvgIpc) is 2.69. The van der Waals surface area contributed by atoms with Gasteiger partial charge in [0.25, 0.3) is 0 Å². The fourth-order valence-electron chi connectivity index (χ4n) is 2.26. The molecule has 3 nitrogen and oxygen atoms in total. The van der Waals surface area contributed by atoms with Crippen molar-refractivity contribution in [3.05, 3.63) is 34.9 Å². The lowest BCUT2D eigenvalue weighted by Gasteiger charge is -2.16. The fraction of sp³-hybridized carbons (Fsp3) is 0.333. The Kier molecular flexibility index (Phi) is 3.93. The van der Waals surface area contributed by atoms with Crippen molar-refractivity contribution in [1.29, 1.82) is 0 Å². The minimum absolute atomic E-state index is 0.244. The van der Waals surface area contributed by atoms with E-state index in [1.165, 1.54) is 7.06 Å². The molecule has 0 fully saturated rings. The molecule has 0 N–H and O–H groups in total. The molecule has 1 aromatic carbocycles. The first-order valence-corrected chi connectivity index (χ1v) is 6.26. The van der Waals surface area contributed by atoms with E-state index < -0.39 is 0 Å². The van der Waals surface area contributed by atoms with Gasteiger partial charge in [0.15, 0.2) is 0 Å². The molecular formula is C12H14B4N3. The van der Waals surface area contributed by atoms with Gasteiger partial charge in [-0.05, 0) is 39.3 Å². The molecule has 1 aromatic heterocycles. The van der Waals surface area contributed by atoms with E-state index in [4.69, 9.17) is 15.5 Å². The SMILES string of the molecule is [B][B]B([B])c1cc(C)c(-n2nc(C)nc2C)cc1C. The molecule has 2 rings (SSSR count). The minimum atomic E-state index is -0.244. The molecule has 19 heavy (non-hydrogen) atoms. The van der Waals surface area contributed by atoms with Crippen LogP contribution in [0.15, 0.2) is 12.1 Å². The summed E-state index contributed by atoms with van der Waals surface area (Å²) in [5, 5.41) is 4.42. The van der Waals surface area contributed by atoms with Crippen LogP contribution >= 0.6 is 0 Å². The van der Waals surface area contributed by atoms with Crippen molar-refractivity contribution < 1.29 is 0 Å². The first kappa shape index (κ1) is 14.0. The van der Waals surface area contributed by atoms with Gasteiger partial charge in [-0.3, -0.25) is 0 Å². The van der Waals surface area contributed by atoms with E-state index in [0.717, 1.165) is 33.9 Å². The van der Waals surface area contributed by atoms with Crippen LogP contribution in [-0.2, 0) is 0 Å². The molecule has 0 saturated heterocycles. The molecule has 0 atom stereocenters. The van der Waals surface area contributed by atoms with Crippen LogP contribution in [0.5, 0.6) is 0 Å². The zero-order chi connectivity index (χ0) is 14.2. The first-order chi connectivity index (χ1) is 8.93. The Labute approximate surface area is 118 Å². The van der Waals surface area contributed by atoms with Crippen molar-refractivity contribution in [2.45, 2.75) is 27.7 Å². The molecule has 0 aliphatic heterocycles. The van der Waals surface area contributed by atoms with Crippen LogP contribution in [0.25, 0.3) is 5.69 Å². The maximum atomic E-state index is 5.97. The smallest absolute Gasteiger partial charge is 0.148 e. The Morgan fingerprint density at radius 3 is 2.37 bits per heavy atom. The number of aryl methyl sites for hydroxylation is 4. The van der Waals surface area contributed by atoms with Crippen LogP contribution in [0.1, 0.15) is 22.8 Å². The lowest BCUT2D eigenvalue weighted by atomic mass is 9.03. The van der Waals surface area contributed by atoms with Crippen LogP contribution in [0, 0.1) is 27.7 Å². The minimum Gasteiger partial charge on any atom is -0.218 e. The Hall–Kier alpha value is -1.38. The predicted molar refractivity (Wildman–Crippen MR) is 83.0 cm³/mol. The van der Waals surface area contributed by atoms with E-state index in [9.17, 15) is 0 Å². The van der Waals surface area contributed by atoms with Crippen LogP contribution in [0.4, 0.5) is 0 Å². The molecular weight excluding hydrogens is 229 g/mol. The van der Waals surface area contributed by atoms with Crippen LogP contribution in [0.2, 0.25) is 0 Å². The summed E-state index contributed by atoms with van der Waals surface area (Å²) in [6.45, 7) is 7.66. The number of rotatable bonds is 3. The summed E-state index contributed by atoms with van der Waals surface area (Å²) >= 11 is 0. The summed E-state index contributed by atoms with van der Waals surface area (Å²) in [4.78, 5) is 4.33. The predicted octanol–water partition coefficient (Wildman–Crippen LogP) is 0.152. The molecule has 2 aromatic rings. The third-order valence-electron chi connectivity index (χ3n) is 3.25. The van der Waals surface area contributed by atoms with Gasteiger partial charge in [-0.15, -0.1) is 0 Å². The van der Waals surface area contributed by atoms with Crippen LogP contribution in [0.3, 0.4) is 0 Å². The largest absolute Gasteiger partial charge is 0.218 e. The molecule has 1 heterocycles. The summed E-state index contributed by atoms with van der Waals surface area (Å²) in [7, 11) is 13.0. The van der Waals surface area contributed by atoms with E-state index in [-0.39, 0.29) is 6.49 Å². The molecule has 0 saturated carbocycles. The summed E-state index contributed by atoms with van der Waals surface area (Å²) in [6, 6.07) is 4.14. The van der Waals surface area contributed by atoms with Gasteiger partial charge in [0.05, 0.1) is 12.2 Å². The highest BCUT2D eigenvalue weighted by atomic mass is 15.3. The number of nitrogens with zero attached hydrogens (tertiary/aromatic N) is 3. The highest BCUT2D eigenvalue weighted by Crippen LogP contribution is 2.16. The highest BCUT2D eigenvalue weighted by molar-refractivity contribution is 7.50. The van der Waals surface area contributed by atoms with Crippen molar-refractivity contribution in [2.75, 3.05) is 0 Å². The standard InChI is InChI=1S/C12H14B4N3/c1-7-6-12(19-10(4)17-9(3)18-19)8(2)5-11(7)16(14)15-13/h5-6H,1-4H3. The summed E-state index contributed by atoms with van der Waals surface area (Å²) in [6.07, 6.45) is 0. The zero-order valence-corrected chi connectivity index (χ0v) is 11.8. The second kappa shape index (κ2) is 5.32. The highest BCUT2D eigenvalue weighted by Gasteiger charge is 2.14. The zero-order valence-electron chi connectivity index (χ0n) is 11.8. The third-order valence-corrected chi connectivity index (χ3v) is 3.25. The maximum absolute atomic E-state index is 5.97. The number of hydrogen-bond donors (Lipinski definition) is 0. The second-order valence-electron chi connectivity index (χ2n) is 4.83. The molecule has 0 amide bonds. The van der Waals surface area contributed by atoms with E-state index in [0.29, 0.717) is 0 Å². The van der Waals surface area contributed by atoms with Gasteiger partial charge < -0.3 is 0 Å². The second-order valence-corrected chi connectivity index (χ2v) is 4.83. The molecule has 0 bridgehead atoms. The topological polar surface area (TPSA) is 30.7 Å². The van der Waals surface area contributed by atoms with Crippen molar-refractivity contribution in [3.63, 3.8) is 0 Å². The molecule has 5 radical (unpaired) electrons. The quantitative estimate of drug-likeness (QED) is 0.719. The van der Waals surface area contributed by atoms with E-state index >= 15 is 0 Å². The van der Waals surface area contributed by atoms with Gasteiger partial charge in [0.1, 0.15) is 11.6 Å². The van der Waals surface area contributed by atoms with Gasteiger partial charge in [-0.2, -0.15) is 5.10 Å². The first-order valence-electron chi connectivity index (χ1n) is 6.26. The molecule has 0 aliphatic carbocycles. The molecule has 0 spiro atoms. The van der Waals surface area contributed by atoms with E-state index in [1.54, 1.807) is 0 Å². The number of benzene rings is 1. The normalized spacial score (nSPS) is 10.5.